The second kappa shape index (κ2) is 4.49. The molecule has 0 spiro atoms. The average molecular weight is 314 g/mol. The number of aromatic nitrogens is 2. The molecule has 0 N–H and O–H groups in total. The highest BCUT2D eigenvalue weighted by atomic mass is 32.1. The Kier molecular flexibility index (Phi) is 2.53. The first-order chi connectivity index (χ1) is 11.2. The van der Waals surface area contributed by atoms with Crippen LogP contribution in [0.25, 0.3) is 43.6 Å². The minimum Gasteiger partial charge on any atom is -0.243 e. The predicted octanol–water partition coefficient (Wildman–Crippen LogP) is 5.77. The third-order valence-electron chi connectivity index (χ3n) is 4.52. The van der Waals surface area contributed by atoms with Crippen LogP contribution in [0.15, 0.2) is 48.5 Å². The first-order valence-electron chi connectivity index (χ1n) is 7.71. The zero-order valence-electron chi connectivity index (χ0n) is 12.9. The molecule has 0 aliphatic carbocycles. The van der Waals surface area contributed by atoms with Crippen molar-refractivity contribution in [3.8, 4) is 0 Å². The summed E-state index contributed by atoms with van der Waals surface area (Å²) in [6.45, 7) is 4.26. The van der Waals surface area contributed by atoms with Crippen molar-refractivity contribution in [2.45, 2.75) is 13.8 Å². The van der Waals surface area contributed by atoms with Gasteiger partial charge in [0, 0.05) is 20.5 Å². The minimum absolute atomic E-state index is 1.01. The van der Waals surface area contributed by atoms with Crippen LogP contribution in [0, 0.1) is 13.8 Å². The van der Waals surface area contributed by atoms with E-state index in [9.17, 15) is 0 Å². The highest BCUT2D eigenvalue weighted by molar-refractivity contribution is 7.13. The molecule has 2 nitrogen and oxygen atoms in total. The van der Waals surface area contributed by atoms with Crippen molar-refractivity contribution < 1.29 is 0 Å². The van der Waals surface area contributed by atoms with Gasteiger partial charge in [-0.1, -0.05) is 48.5 Å². The molecule has 0 amide bonds. The number of thiophene rings is 1. The number of rotatable bonds is 0. The molecule has 3 aromatic carbocycles. The van der Waals surface area contributed by atoms with E-state index in [0.29, 0.717) is 0 Å². The van der Waals surface area contributed by atoms with Gasteiger partial charge in [-0.3, -0.25) is 0 Å². The minimum atomic E-state index is 1.01. The molecule has 0 fully saturated rings. The van der Waals surface area contributed by atoms with Gasteiger partial charge in [0.2, 0.25) is 0 Å². The number of nitrogens with zero attached hydrogens (tertiary/aromatic N) is 2. The largest absolute Gasteiger partial charge is 0.243 e. The lowest BCUT2D eigenvalue weighted by molar-refractivity contribution is 1.40. The van der Waals surface area contributed by atoms with Crippen molar-refractivity contribution in [2.75, 3.05) is 0 Å². The zero-order chi connectivity index (χ0) is 15.6. The highest BCUT2D eigenvalue weighted by Crippen LogP contribution is 2.36. The molecular formula is C20H14N2S. The lowest BCUT2D eigenvalue weighted by Crippen LogP contribution is -1.90. The molecule has 0 aliphatic heterocycles. The Labute approximate surface area is 137 Å². The van der Waals surface area contributed by atoms with Crippen LogP contribution in [0.2, 0.25) is 0 Å². The Balaban J connectivity index is 2.17. The lowest BCUT2D eigenvalue weighted by Gasteiger charge is -2.09. The Morgan fingerprint density at radius 2 is 0.957 bits per heavy atom. The molecule has 0 bridgehead atoms. The Morgan fingerprint density at radius 1 is 0.565 bits per heavy atom. The van der Waals surface area contributed by atoms with Gasteiger partial charge in [0.1, 0.15) is 11.0 Å². The highest BCUT2D eigenvalue weighted by Gasteiger charge is 2.14. The average Bonchev–Trinajstić information content (AvgIpc) is 2.88. The monoisotopic (exact) mass is 314 g/mol. The number of hydrogen-bond donors (Lipinski definition) is 0. The molecule has 0 unspecified atom stereocenters. The summed E-state index contributed by atoms with van der Waals surface area (Å²) in [4.78, 5) is 12.5. The van der Waals surface area contributed by atoms with E-state index >= 15 is 0 Å². The summed E-state index contributed by atoms with van der Waals surface area (Å²) < 4.78 is 0. The SMILES string of the molecule is Cc1sc(C)c2nc3c4ccccc4c4ccccc4c3nc12. The molecule has 3 heteroatoms. The van der Waals surface area contributed by atoms with E-state index in [1.54, 1.807) is 11.3 Å². The molecule has 5 rings (SSSR count). The molecule has 0 radical (unpaired) electrons. The van der Waals surface area contributed by atoms with Gasteiger partial charge in [-0.2, -0.15) is 0 Å². The number of aryl methyl sites for hydroxylation is 2. The van der Waals surface area contributed by atoms with Crippen LogP contribution >= 0.6 is 11.3 Å². The predicted molar refractivity (Wildman–Crippen MR) is 99.4 cm³/mol. The first-order valence-corrected chi connectivity index (χ1v) is 8.52. The lowest BCUT2D eigenvalue weighted by atomic mass is 9.99. The fraction of sp³-hybridized carbons (Fsp3) is 0.100. The van der Waals surface area contributed by atoms with Gasteiger partial charge >= 0.3 is 0 Å². The van der Waals surface area contributed by atoms with E-state index in [1.807, 2.05) is 0 Å². The third kappa shape index (κ3) is 1.68. The molecule has 0 saturated heterocycles. The maximum Gasteiger partial charge on any atom is 0.103 e. The van der Waals surface area contributed by atoms with Gasteiger partial charge in [-0.25, -0.2) is 9.97 Å². The second-order valence-corrected chi connectivity index (χ2v) is 7.35. The maximum atomic E-state index is 5.02. The molecule has 23 heavy (non-hydrogen) atoms. The maximum absolute atomic E-state index is 5.02. The summed E-state index contributed by atoms with van der Waals surface area (Å²) in [6, 6.07) is 17.0. The van der Waals surface area contributed by atoms with E-state index in [2.05, 4.69) is 62.4 Å². The van der Waals surface area contributed by atoms with Crippen LogP contribution in [0.5, 0.6) is 0 Å². The van der Waals surface area contributed by atoms with Gasteiger partial charge in [0.05, 0.1) is 11.0 Å². The Hall–Kier alpha value is -2.52. The van der Waals surface area contributed by atoms with Gasteiger partial charge in [0.25, 0.3) is 0 Å². The standard InChI is InChI=1S/C20H14N2S/c1-11-17-18(12(2)23-11)22-20-16-10-6-4-8-14(16)13-7-3-5-9-15(13)19(20)21-17/h3-10H,1-2H3. The quantitative estimate of drug-likeness (QED) is 0.339. The van der Waals surface area contributed by atoms with Crippen molar-refractivity contribution in [3.05, 3.63) is 58.3 Å². The summed E-state index contributed by atoms with van der Waals surface area (Å²) in [5.41, 5.74) is 4.10. The summed E-state index contributed by atoms with van der Waals surface area (Å²) in [5, 5.41) is 4.85. The third-order valence-corrected chi connectivity index (χ3v) is 5.52. The van der Waals surface area contributed by atoms with E-state index in [4.69, 9.17) is 9.97 Å². The van der Waals surface area contributed by atoms with Crippen LogP contribution < -0.4 is 0 Å². The summed E-state index contributed by atoms with van der Waals surface area (Å²) in [6.07, 6.45) is 0. The van der Waals surface area contributed by atoms with Gasteiger partial charge < -0.3 is 0 Å². The summed E-state index contributed by atoms with van der Waals surface area (Å²) in [5.74, 6) is 0. The first kappa shape index (κ1) is 13.0. The second-order valence-electron chi connectivity index (χ2n) is 5.92. The van der Waals surface area contributed by atoms with Crippen LogP contribution in [-0.2, 0) is 0 Å². The number of hydrogen-bond acceptors (Lipinski definition) is 3. The molecule has 2 heterocycles. The van der Waals surface area contributed by atoms with Crippen LogP contribution in [0.4, 0.5) is 0 Å². The van der Waals surface area contributed by atoms with Crippen molar-refractivity contribution in [1.82, 2.24) is 9.97 Å². The molecule has 0 atom stereocenters. The van der Waals surface area contributed by atoms with Gasteiger partial charge in [-0.15, -0.1) is 11.3 Å². The smallest absolute Gasteiger partial charge is 0.103 e. The van der Waals surface area contributed by atoms with E-state index < -0.39 is 0 Å². The van der Waals surface area contributed by atoms with Crippen LogP contribution in [0.3, 0.4) is 0 Å². The van der Waals surface area contributed by atoms with Crippen molar-refractivity contribution >= 4 is 54.9 Å². The van der Waals surface area contributed by atoms with Crippen LogP contribution in [0.1, 0.15) is 9.75 Å². The molecule has 0 aliphatic rings. The van der Waals surface area contributed by atoms with Gasteiger partial charge in [-0.05, 0) is 24.6 Å². The Bertz CT molecular complexity index is 1140. The molecule has 5 aromatic rings. The van der Waals surface area contributed by atoms with Crippen molar-refractivity contribution in [3.63, 3.8) is 0 Å². The number of fused-ring (bicyclic) bond motifs is 7. The van der Waals surface area contributed by atoms with E-state index in [0.717, 1.165) is 22.1 Å². The number of benzene rings is 3. The van der Waals surface area contributed by atoms with E-state index in [-0.39, 0.29) is 0 Å². The molecule has 2 aromatic heterocycles. The normalized spacial score (nSPS) is 11.9. The fourth-order valence-electron chi connectivity index (χ4n) is 3.48. The molecule has 0 saturated carbocycles. The summed E-state index contributed by atoms with van der Waals surface area (Å²) in [7, 11) is 0. The van der Waals surface area contributed by atoms with Crippen LogP contribution in [-0.4, -0.2) is 9.97 Å². The van der Waals surface area contributed by atoms with E-state index in [1.165, 1.54) is 31.3 Å². The van der Waals surface area contributed by atoms with Crippen molar-refractivity contribution in [1.29, 1.82) is 0 Å². The fourth-order valence-corrected chi connectivity index (χ4v) is 4.41. The van der Waals surface area contributed by atoms with Crippen molar-refractivity contribution in [2.24, 2.45) is 0 Å². The Morgan fingerprint density at radius 3 is 1.39 bits per heavy atom. The van der Waals surface area contributed by atoms with Gasteiger partial charge in [0.15, 0.2) is 0 Å². The summed E-state index contributed by atoms with van der Waals surface area (Å²) >= 11 is 1.78. The molecule has 110 valence electrons. The molecular weight excluding hydrogens is 300 g/mol. The zero-order valence-corrected chi connectivity index (χ0v) is 13.7. The topological polar surface area (TPSA) is 25.8 Å².